The highest BCUT2D eigenvalue weighted by atomic mass is 16.5. The third-order valence-corrected chi connectivity index (χ3v) is 3.35. The molecule has 0 atom stereocenters. The summed E-state index contributed by atoms with van der Waals surface area (Å²) in [6, 6.07) is 10.4. The molecule has 1 N–H and O–H groups in total. The molecule has 0 unspecified atom stereocenters. The molecule has 1 aliphatic rings. The third-order valence-electron chi connectivity index (χ3n) is 3.35. The molecule has 1 saturated carbocycles. The predicted octanol–water partition coefficient (Wildman–Crippen LogP) is 2.55. The molecule has 1 aliphatic carbocycles. The number of ether oxygens (including phenoxy) is 1. The Morgan fingerprint density at radius 2 is 2.00 bits per heavy atom. The normalized spacial score (nSPS) is 15.3. The van der Waals surface area contributed by atoms with E-state index in [1.165, 1.54) is 5.56 Å². The Kier molecular flexibility index (Phi) is 4.59. The number of hydrogen-bond donors (Lipinski definition) is 1. The zero-order chi connectivity index (χ0) is 13.7. The maximum atomic E-state index is 11.5. The monoisotopic (exact) mass is 261 g/mol. The molecule has 0 bridgehead atoms. The Balaban J connectivity index is 1.66. The number of hydrogen-bond acceptors (Lipinski definition) is 3. The zero-order valence-electron chi connectivity index (χ0n) is 11.8. The number of carbonyl (C=O) groups excluding carboxylic acids is 1. The lowest BCUT2D eigenvalue weighted by Crippen LogP contribution is -2.45. The first-order chi connectivity index (χ1) is 9.07. The van der Waals surface area contributed by atoms with Crippen molar-refractivity contribution in [3.8, 4) is 0 Å². The molecule has 1 aromatic carbocycles. The van der Waals surface area contributed by atoms with Crippen LogP contribution in [0.15, 0.2) is 30.3 Å². The number of carbonyl (C=O) groups is 1. The maximum Gasteiger partial charge on any atom is 0.308 e. The number of benzene rings is 1. The number of nitrogens with one attached hydrogen (secondary N) is 1. The fraction of sp³-hybridized carbons (Fsp3) is 0.562. The summed E-state index contributed by atoms with van der Waals surface area (Å²) < 4.78 is 5.33. The maximum absolute atomic E-state index is 11.5. The van der Waals surface area contributed by atoms with Crippen LogP contribution in [-0.2, 0) is 16.0 Å². The van der Waals surface area contributed by atoms with E-state index in [1.54, 1.807) is 0 Å². The van der Waals surface area contributed by atoms with E-state index in [0.29, 0.717) is 6.61 Å². The molecule has 19 heavy (non-hydrogen) atoms. The summed E-state index contributed by atoms with van der Waals surface area (Å²) >= 11 is 0. The molecule has 0 aromatic heterocycles. The van der Waals surface area contributed by atoms with Crippen LogP contribution in [0.5, 0.6) is 0 Å². The van der Waals surface area contributed by atoms with E-state index in [9.17, 15) is 4.79 Å². The Hall–Kier alpha value is -1.35. The largest absolute Gasteiger partial charge is 0.464 e. The lowest BCUT2D eigenvalue weighted by Gasteiger charge is -2.26. The van der Waals surface area contributed by atoms with Crippen molar-refractivity contribution in [1.29, 1.82) is 0 Å². The minimum atomic E-state index is -0.167. The van der Waals surface area contributed by atoms with Gasteiger partial charge >= 0.3 is 5.97 Å². The Labute approximate surface area is 115 Å². The first-order valence-corrected chi connectivity index (χ1v) is 7.02. The molecule has 2 rings (SSSR count). The molecule has 0 spiro atoms. The van der Waals surface area contributed by atoms with E-state index in [-0.39, 0.29) is 17.4 Å². The van der Waals surface area contributed by atoms with Gasteiger partial charge in [-0.15, -0.1) is 0 Å². The molecule has 3 heteroatoms. The first kappa shape index (κ1) is 14.1. The number of esters is 1. The van der Waals surface area contributed by atoms with Crippen molar-refractivity contribution in [1.82, 2.24) is 5.32 Å². The third kappa shape index (κ3) is 5.03. The topological polar surface area (TPSA) is 38.3 Å². The van der Waals surface area contributed by atoms with E-state index < -0.39 is 0 Å². The van der Waals surface area contributed by atoms with Crippen LogP contribution < -0.4 is 5.32 Å². The van der Waals surface area contributed by atoms with Gasteiger partial charge in [-0.05, 0) is 45.2 Å². The molecule has 0 heterocycles. The molecular formula is C16H23NO2. The summed E-state index contributed by atoms with van der Waals surface area (Å²) in [5.41, 5.74) is 1.15. The lowest BCUT2D eigenvalue weighted by molar-refractivity contribution is -0.147. The molecule has 0 aliphatic heterocycles. The molecule has 3 nitrogen and oxygen atoms in total. The fourth-order valence-corrected chi connectivity index (χ4v) is 1.93. The smallest absolute Gasteiger partial charge is 0.308 e. The Bertz CT molecular complexity index is 410. The summed E-state index contributed by atoms with van der Waals surface area (Å²) in [7, 11) is 0. The van der Waals surface area contributed by atoms with Crippen LogP contribution >= 0.6 is 0 Å². The second-order valence-electron chi connectivity index (χ2n) is 5.93. The summed E-state index contributed by atoms with van der Waals surface area (Å²) in [6.45, 7) is 5.46. The highest BCUT2D eigenvalue weighted by Crippen LogP contribution is 2.30. The summed E-state index contributed by atoms with van der Waals surface area (Å²) in [5.74, 6) is 0.151. The predicted molar refractivity (Wildman–Crippen MR) is 75.9 cm³/mol. The molecule has 104 valence electrons. The number of rotatable bonds is 7. The van der Waals surface area contributed by atoms with Gasteiger partial charge in [0.05, 0.1) is 5.92 Å². The van der Waals surface area contributed by atoms with Crippen molar-refractivity contribution in [2.24, 2.45) is 5.92 Å². The highest BCUT2D eigenvalue weighted by Gasteiger charge is 2.32. The standard InChI is InChI=1S/C16H23NO2/c1-16(2,12-19-15(18)14-8-9-14)17-11-10-13-6-4-3-5-7-13/h3-7,14,17H,8-12H2,1-2H3. The van der Waals surface area contributed by atoms with Gasteiger partial charge < -0.3 is 10.1 Å². The van der Waals surface area contributed by atoms with Gasteiger partial charge in [-0.2, -0.15) is 0 Å². The van der Waals surface area contributed by atoms with Crippen molar-refractivity contribution in [3.05, 3.63) is 35.9 Å². The SMILES string of the molecule is CC(C)(COC(=O)C1CC1)NCCc1ccccc1. The summed E-state index contributed by atoms with van der Waals surface area (Å²) in [5, 5.41) is 3.44. The lowest BCUT2D eigenvalue weighted by atomic mass is 10.1. The van der Waals surface area contributed by atoms with E-state index >= 15 is 0 Å². The van der Waals surface area contributed by atoms with E-state index in [4.69, 9.17) is 4.74 Å². The highest BCUT2D eigenvalue weighted by molar-refractivity contribution is 5.74. The summed E-state index contributed by atoms with van der Waals surface area (Å²) in [4.78, 5) is 11.5. The van der Waals surface area contributed by atoms with Crippen molar-refractivity contribution < 1.29 is 9.53 Å². The molecule has 0 amide bonds. The minimum absolute atomic E-state index is 0.0297. The van der Waals surface area contributed by atoms with Gasteiger partial charge in [0.15, 0.2) is 0 Å². The van der Waals surface area contributed by atoms with Gasteiger partial charge in [-0.25, -0.2) is 0 Å². The summed E-state index contributed by atoms with van der Waals surface area (Å²) in [6.07, 6.45) is 2.99. The van der Waals surface area contributed by atoms with Crippen molar-refractivity contribution in [2.75, 3.05) is 13.2 Å². The van der Waals surface area contributed by atoms with Gasteiger partial charge in [0.25, 0.3) is 0 Å². The van der Waals surface area contributed by atoms with Crippen molar-refractivity contribution in [2.45, 2.75) is 38.6 Å². The van der Waals surface area contributed by atoms with Crippen LogP contribution in [0.2, 0.25) is 0 Å². The molecule has 1 aromatic rings. The van der Waals surface area contributed by atoms with Crippen molar-refractivity contribution in [3.63, 3.8) is 0 Å². The average molecular weight is 261 g/mol. The van der Waals surface area contributed by atoms with Gasteiger partial charge in [-0.1, -0.05) is 30.3 Å². The molecule has 0 radical (unpaired) electrons. The molecule has 1 fully saturated rings. The van der Waals surface area contributed by atoms with E-state index in [0.717, 1.165) is 25.8 Å². The first-order valence-electron chi connectivity index (χ1n) is 7.02. The second kappa shape index (κ2) is 6.20. The van der Waals surface area contributed by atoms with Gasteiger partial charge in [-0.3, -0.25) is 4.79 Å². The second-order valence-corrected chi connectivity index (χ2v) is 5.93. The quantitative estimate of drug-likeness (QED) is 0.767. The van der Waals surface area contributed by atoms with Crippen LogP contribution in [0.4, 0.5) is 0 Å². The van der Waals surface area contributed by atoms with Crippen LogP contribution in [0.25, 0.3) is 0 Å². The van der Waals surface area contributed by atoms with Crippen LogP contribution in [0, 0.1) is 5.92 Å². The minimum Gasteiger partial charge on any atom is -0.464 e. The van der Waals surface area contributed by atoms with E-state index in [1.807, 2.05) is 6.07 Å². The van der Waals surface area contributed by atoms with Crippen LogP contribution in [0.1, 0.15) is 32.3 Å². The average Bonchev–Trinajstić information content (AvgIpc) is 3.21. The molecular weight excluding hydrogens is 238 g/mol. The fourth-order valence-electron chi connectivity index (χ4n) is 1.93. The zero-order valence-corrected chi connectivity index (χ0v) is 11.8. The Morgan fingerprint density at radius 1 is 1.32 bits per heavy atom. The van der Waals surface area contributed by atoms with Gasteiger partial charge in [0.2, 0.25) is 0 Å². The van der Waals surface area contributed by atoms with Crippen LogP contribution in [-0.4, -0.2) is 24.7 Å². The molecule has 0 saturated heterocycles. The van der Waals surface area contributed by atoms with E-state index in [2.05, 4.69) is 43.4 Å². The van der Waals surface area contributed by atoms with Crippen LogP contribution in [0.3, 0.4) is 0 Å². The van der Waals surface area contributed by atoms with Crippen molar-refractivity contribution >= 4 is 5.97 Å². The van der Waals surface area contributed by atoms with Gasteiger partial charge in [0.1, 0.15) is 6.61 Å². The van der Waals surface area contributed by atoms with Gasteiger partial charge in [0, 0.05) is 5.54 Å². The Morgan fingerprint density at radius 3 is 2.63 bits per heavy atom.